The van der Waals surface area contributed by atoms with Gasteiger partial charge in [-0.3, -0.25) is 14.3 Å². The molecule has 2 heterocycles. The number of thiazole rings is 1. The summed E-state index contributed by atoms with van der Waals surface area (Å²) in [7, 11) is 0. The molecule has 11 heteroatoms. The Labute approximate surface area is 182 Å². The third-order valence-electron chi connectivity index (χ3n) is 6.16. The first-order valence-electron chi connectivity index (χ1n) is 10.4. The second kappa shape index (κ2) is 8.25. The van der Waals surface area contributed by atoms with E-state index in [1.54, 1.807) is 16.3 Å². The molecule has 0 unspecified atom stereocenters. The van der Waals surface area contributed by atoms with Crippen molar-refractivity contribution in [1.29, 1.82) is 0 Å². The van der Waals surface area contributed by atoms with Crippen molar-refractivity contribution in [2.45, 2.75) is 57.9 Å². The molecule has 8 nitrogen and oxygen atoms in total. The number of halogens is 2. The number of alkyl halides is 2. The van der Waals surface area contributed by atoms with Gasteiger partial charge in [-0.15, -0.1) is 16.4 Å². The van der Waals surface area contributed by atoms with Crippen LogP contribution in [-0.2, 0) is 22.1 Å². The molecule has 1 amide bonds. The van der Waals surface area contributed by atoms with Crippen molar-refractivity contribution < 1.29 is 23.5 Å². The minimum absolute atomic E-state index is 0.0444. The lowest BCUT2D eigenvalue weighted by Gasteiger charge is -2.17. The van der Waals surface area contributed by atoms with Gasteiger partial charge in [0.1, 0.15) is 11.4 Å². The van der Waals surface area contributed by atoms with E-state index >= 15 is 0 Å². The van der Waals surface area contributed by atoms with Gasteiger partial charge in [-0.05, 0) is 38.0 Å². The van der Waals surface area contributed by atoms with Gasteiger partial charge in [0, 0.05) is 37.2 Å². The average Bonchev–Trinajstić information content (AvgIpc) is 3.14. The van der Waals surface area contributed by atoms with E-state index in [0.29, 0.717) is 43.7 Å². The van der Waals surface area contributed by atoms with Gasteiger partial charge in [0.15, 0.2) is 5.01 Å². The third-order valence-corrected chi connectivity index (χ3v) is 7.17. The van der Waals surface area contributed by atoms with E-state index in [1.807, 2.05) is 0 Å². The number of hydrogen-bond donors (Lipinski definition) is 2. The number of carboxylic acid groups (broad SMARTS) is 1. The van der Waals surface area contributed by atoms with Crippen molar-refractivity contribution in [2.24, 2.45) is 17.3 Å². The molecule has 2 saturated carbocycles. The summed E-state index contributed by atoms with van der Waals surface area (Å²) in [6.45, 7) is 1.92. The van der Waals surface area contributed by atoms with E-state index < -0.39 is 11.9 Å². The number of carboxylic acids is 1. The molecule has 0 aromatic carbocycles. The third kappa shape index (κ3) is 5.25. The Bertz CT molecular complexity index is 966. The van der Waals surface area contributed by atoms with Crippen LogP contribution in [0.3, 0.4) is 0 Å². The summed E-state index contributed by atoms with van der Waals surface area (Å²) in [5.74, 6) is -4.00. The molecule has 2 aliphatic carbocycles. The first-order chi connectivity index (χ1) is 14.6. The van der Waals surface area contributed by atoms with Crippen molar-refractivity contribution in [3.63, 3.8) is 0 Å². The lowest BCUT2D eigenvalue weighted by atomic mass is 10.0. The molecule has 4 rings (SSSR count). The van der Waals surface area contributed by atoms with Gasteiger partial charge in [0.05, 0.1) is 12.1 Å². The lowest BCUT2D eigenvalue weighted by molar-refractivity contribution is -0.141. The number of carbonyl (C=O) groups excluding carboxylic acids is 1. The number of aromatic nitrogens is 4. The van der Waals surface area contributed by atoms with E-state index in [4.69, 9.17) is 5.11 Å². The van der Waals surface area contributed by atoms with Crippen LogP contribution < -0.4 is 5.32 Å². The fraction of sp³-hybridized carbons (Fsp3) is 0.650. The maximum absolute atomic E-state index is 13.4. The molecule has 0 aliphatic heterocycles. The highest BCUT2D eigenvalue weighted by molar-refractivity contribution is 7.10. The highest BCUT2D eigenvalue weighted by atomic mass is 32.1. The van der Waals surface area contributed by atoms with Crippen molar-refractivity contribution in [1.82, 2.24) is 25.3 Å². The number of nitrogens with one attached hydrogen (secondary N) is 1. The number of aliphatic carboxylic acids is 1. The smallest absolute Gasteiger partial charge is 0.306 e. The maximum atomic E-state index is 13.4. The van der Waals surface area contributed by atoms with Crippen LogP contribution in [0.2, 0.25) is 0 Å². The quantitative estimate of drug-likeness (QED) is 0.603. The fourth-order valence-corrected chi connectivity index (χ4v) is 4.86. The first kappa shape index (κ1) is 21.8. The van der Waals surface area contributed by atoms with Crippen molar-refractivity contribution in [2.75, 3.05) is 6.54 Å². The molecule has 0 spiro atoms. The summed E-state index contributed by atoms with van der Waals surface area (Å²) in [4.78, 5) is 27.3. The summed E-state index contributed by atoms with van der Waals surface area (Å²) in [6, 6.07) is 0. The molecule has 0 saturated heterocycles. The Kier molecular flexibility index (Phi) is 5.80. The Morgan fingerprint density at radius 2 is 2.13 bits per heavy atom. The van der Waals surface area contributed by atoms with E-state index in [9.17, 15) is 18.4 Å². The molecule has 2 aliphatic rings. The molecular weight excluding hydrogens is 428 g/mol. The van der Waals surface area contributed by atoms with Crippen LogP contribution in [0.25, 0.3) is 11.4 Å². The largest absolute Gasteiger partial charge is 0.481 e. The first-order valence-corrected chi connectivity index (χ1v) is 11.3. The molecule has 2 N–H and O–H groups in total. The predicted molar refractivity (Wildman–Crippen MR) is 108 cm³/mol. The molecule has 2 atom stereocenters. The molecule has 31 heavy (non-hydrogen) atoms. The molecule has 168 valence electrons. The van der Waals surface area contributed by atoms with Gasteiger partial charge in [-0.25, -0.2) is 4.98 Å². The van der Waals surface area contributed by atoms with Gasteiger partial charge in [-0.2, -0.15) is 8.78 Å². The summed E-state index contributed by atoms with van der Waals surface area (Å²) < 4.78 is 28.5. The predicted octanol–water partition coefficient (Wildman–Crippen LogP) is 3.30. The Hall–Kier alpha value is -2.43. The van der Waals surface area contributed by atoms with E-state index in [-0.39, 0.29) is 28.2 Å². The highest BCUT2D eigenvalue weighted by Gasteiger charge is 2.43. The minimum Gasteiger partial charge on any atom is -0.481 e. The SMILES string of the molecule is CC(F)(F)c1nc(-c2cn(CC3(CNC(=O)C[C@@H]4CC[C@H](C(=O)O)C4)CC3)nn2)cs1. The minimum atomic E-state index is -2.98. The molecule has 2 aromatic heterocycles. The monoisotopic (exact) mass is 453 g/mol. The zero-order valence-corrected chi connectivity index (χ0v) is 18.0. The normalized spacial score (nSPS) is 22.4. The lowest BCUT2D eigenvalue weighted by Crippen LogP contribution is -2.33. The van der Waals surface area contributed by atoms with E-state index in [2.05, 4.69) is 20.6 Å². The number of nitrogens with zero attached hydrogens (tertiary/aromatic N) is 4. The van der Waals surface area contributed by atoms with Gasteiger partial charge in [-0.1, -0.05) is 5.21 Å². The molecule has 0 radical (unpaired) electrons. The number of rotatable bonds is 9. The molecular formula is C20H25F2N5O3S. The molecule has 2 fully saturated rings. The Balaban J connectivity index is 1.28. The fourth-order valence-electron chi connectivity index (χ4n) is 4.10. The van der Waals surface area contributed by atoms with Crippen LogP contribution in [0, 0.1) is 17.3 Å². The van der Waals surface area contributed by atoms with Crippen molar-refractivity contribution in [3.8, 4) is 11.4 Å². The number of hydrogen-bond acceptors (Lipinski definition) is 6. The van der Waals surface area contributed by atoms with Crippen LogP contribution in [0.5, 0.6) is 0 Å². The van der Waals surface area contributed by atoms with Crippen LogP contribution in [0.1, 0.15) is 50.5 Å². The summed E-state index contributed by atoms with van der Waals surface area (Å²) in [5.41, 5.74) is 0.742. The van der Waals surface area contributed by atoms with Gasteiger partial charge in [0.2, 0.25) is 5.91 Å². The van der Waals surface area contributed by atoms with Crippen LogP contribution in [0.4, 0.5) is 8.78 Å². The summed E-state index contributed by atoms with van der Waals surface area (Å²) in [5, 5.41) is 21.5. The van der Waals surface area contributed by atoms with E-state index in [1.165, 1.54) is 0 Å². The van der Waals surface area contributed by atoms with E-state index in [0.717, 1.165) is 37.5 Å². The van der Waals surface area contributed by atoms with Crippen LogP contribution in [0.15, 0.2) is 11.6 Å². The summed E-state index contributed by atoms with van der Waals surface area (Å²) in [6.07, 6.45) is 5.95. The standard InChI is InChI=1S/C20H25F2N5O3S/c1-19(21,22)18-24-15(9-31-18)14-8-27(26-25-14)11-20(4-5-20)10-23-16(28)7-12-2-3-13(6-12)17(29)30/h8-9,12-13H,2-7,10-11H2,1H3,(H,23,28)(H,29,30)/t12-,13+/m1/s1. The van der Waals surface area contributed by atoms with Crippen LogP contribution in [-0.4, -0.2) is 43.5 Å². The van der Waals surface area contributed by atoms with Gasteiger partial charge < -0.3 is 10.4 Å². The topological polar surface area (TPSA) is 110 Å². The van der Waals surface area contributed by atoms with Crippen LogP contribution >= 0.6 is 11.3 Å². The maximum Gasteiger partial charge on any atom is 0.306 e. The average molecular weight is 454 g/mol. The van der Waals surface area contributed by atoms with Gasteiger partial charge >= 0.3 is 5.97 Å². The second-order valence-corrected chi connectivity index (χ2v) is 9.78. The van der Waals surface area contributed by atoms with Crippen molar-refractivity contribution >= 4 is 23.2 Å². The zero-order chi connectivity index (χ0) is 22.2. The highest BCUT2D eigenvalue weighted by Crippen LogP contribution is 2.46. The molecule has 2 aromatic rings. The summed E-state index contributed by atoms with van der Waals surface area (Å²) >= 11 is 0.894. The zero-order valence-electron chi connectivity index (χ0n) is 17.2. The Morgan fingerprint density at radius 3 is 2.74 bits per heavy atom. The van der Waals surface area contributed by atoms with Crippen molar-refractivity contribution in [3.05, 3.63) is 16.6 Å². The Morgan fingerprint density at radius 1 is 1.35 bits per heavy atom. The number of carbonyl (C=O) groups is 2. The second-order valence-electron chi connectivity index (χ2n) is 8.92. The molecule has 0 bridgehead atoms. The van der Waals surface area contributed by atoms with Gasteiger partial charge in [0.25, 0.3) is 5.92 Å². The number of amides is 1.